The Morgan fingerprint density at radius 3 is 1.49 bits per heavy atom. The molecule has 1 aliphatic heterocycles. The van der Waals surface area contributed by atoms with Crippen LogP contribution in [0.1, 0.15) is 143 Å². The molecule has 0 bridgehead atoms. The van der Waals surface area contributed by atoms with Gasteiger partial charge in [-0.25, -0.2) is 9.97 Å². The summed E-state index contributed by atoms with van der Waals surface area (Å²) in [6.45, 7) is 24.8. The third-order valence-electron chi connectivity index (χ3n) is 5.86. The first kappa shape index (κ1) is 36.6. The maximum Gasteiger partial charge on any atom is 0.243 e. The molecule has 0 N–H and O–H groups in total. The minimum absolute atomic E-state index is 0. The number of imide groups is 1. The van der Waals surface area contributed by atoms with Crippen molar-refractivity contribution in [2.45, 2.75) is 137 Å². The van der Waals surface area contributed by atoms with Gasteiger partial charge >= 0.3 is 0 Å². The standard InChI is InChI=1S/2C10H16N2.C10H17NO2S.CH4/c1-7(2)9-5-11-10(8(3)4)12-6-9;1-7(2)9-5-6-10(8(3)4)12-11-9;1-6(2)11-9(12)5-8(10(11)13)14-7(3)4;/h2*5-8H,1-4H3;6-8H,5H2,1-4H3;1H4. The Morgan fingerprint density at radius 2 is 1.21 bits per heavy atom. The van der Waals surface area contributed by atoms with Crippen LogP contribution in [0.4, 0.5) is 0 Å². The highest BCUT2D eigenvalue weighted by molar-refractivity contribution is 8.01. The molecule has 1 aliphatic rings. The highest BCUT2D eigenvalue weighted by atomic mass is 32.2. The molecule has 2 aromatic rings. The van der Waals surface area contributed by atoms with Gasteiger partial charge < -0.3 is 0 Å². The lowest BCUT2D eigenvalue weighted by Gasteiger charge is -2.19. The summed E-state index contributed by atoms with van der Waals surface area (Å²) in [4.78, 5) is 33.3. The number of nitrogens with zero attached hydrogens (tertiary/aromatic N) is 5. The summed E-state index contributed by atoms with van der Waals surface area (Å²) in [5, 5.41) is 8.54. The van der Waals surface area contributed by atoms with Crippen LogP contribution in [-0.2, 0) is 9.59 Å². The minimum Gasteiger partial charge on any atom is -0.279 e. The normalized spacial score (nSPS) is 15.1. The molecule has 1 atom stereocenters. The van der Waals surface area contributed by atoms with E-state index in [2.05, 4.69) is 87.7 Å². The van der Waals surface area contributed by atoms with Crippen LogP contribution in [0.15, 0.2) is 24.5 Å². The van der Waals surface area contributed by atoms with Crippen molar-refractivity contribution in [1.82, 2.24) is 25.1 Å². The molecule has 0 aliphatic carbocycles. The number of thioether (sulfide) groups is 1. The van der Waals surface area contributed by atoms with Crippen molar-refractivity contribution in [3.05, 3.63) is 47.3 Å². The quantitative estimate of drug-likeness (QED) is 0.320. The second kappa shape index (κ2) is 17.4. The highest BCUT2D eigenvalue weighted by Gasteiger charge is 2.40. The molecule has 1 unspecified atom stereocenters. The molecule has 0 spiro atoms. The van der Waals surface area contributed by atoms with Gasteiger partial charge in [-0.05, 0) is 54.5 Å². The van der Waals surface area contributed by atoms with Crippen molar-refractivity contribution >= 4 is 23.6 Å². The first-order chi connectivity index (χ1) is 17.6. The number of hydrogen-bond donors (Lipinski definition) is 0. The number of carbonyl (C=O) groups is 2. The van der Waals surface area contributed by atoms with Crippen molar-refractivity contribution in [1.29, 1.82) is 0 Å². The van der Waals surface area contributed by atoms with E-state index in [1.165, 1.54) is 10.5 Å². The van der Waals surface area contributed by atoms with Crippen LogP contribution >= 0.6 is 11.8 Å². The smallest absolute Gasteiger partial charge is 0.243 e. The SMILES string of the molecule is C.CC(C)SC1CC(=O)N(C(C)C)C1=O.CC(C)c1ccc(C(C)C)nn1.CC(C)c1cnc(C(C)C)nc1. The predicted octanol–water partition coefficient (Wildman–Crippen LogP) is 7.75. The molecule has 2 aromatic heterocycles. The third kappa shape index (κ3) is 12.1. The van der Waals surface area contributed by atoms with Gasteiger partial charge in [-0.1, -0.05) is 76.7 Å². The molecule has 39 heavy (non-hydrogen) atoms. The largest absolute Gasteiger partial charge is 0.279 e. The van der Waals surface area contributed by atoms with E-state index in [9.17, 15) is 9.59 Å². The first-order valence-corrected chi connectivity index (χ1v) is 14.8. The van der Waals surface area contributed by atoms with Crippen molar-refractivity contribution in [3.63, 3.8) is 0 Å². The Balaban J connectivity index is 0.000000551. The van der Waals surface area contributed by atoms with Crippen molar-refractivity contribution < 1.29 is 9.59 Å². The van der Waals surface area contributed by atoms with Crippen LogP contribution in [0.2, 0.25) is 0 Å². The molecule has 1 saturated heterocycles. The summed E-state index contributed by atoms with van der Waals surface area (Å²) >= 11 is 1.58. The highest BCUT2D eigenvalue weighted by Crippen LogP contribution is 2.29. The van der Waals surface area contributed by atoms with Crippen LogP contribution in [0.5, 0.6) is 0 Å². The van der Waals surface area contributed by atoms with Crippen LogP contribution in [-0.4, -0.2) is 53.4 Å². The topological polar surface area (TPSA) is 88.9 Å². The van der Waals surface area contributed by atoms with E-state index in [1.54, 1.807) is 11.8 Å². The lowest BCUT2D eigenvalue weighted by atomic mass is 10.1. The van der Waals surface area contributed by atoms with E-state index in [0.717, 1.165) is 17.2 Å². The molecule has 3 rings (SSSR count). The summed E-state index contributed by atoms with van der Waals surface area (Å²) < 4.78 is 0. The zero-order valence-electron chi connectivity index (χ0n) is 25.5. The molecule has 7 nitrogen and oxygen atoms in total. The van der Waals surface area contributed by atoms with E-state index in [-0.39, 0.29) is 30.5 Å². The van der Waals surface area contributed by atoms with Crippen molar-refractivity contribution in [3.8, 4) is 0 Å². The predicted molar refractivity (Wildman–Crippen MR) is 165 cm³/mol. The summed E-state index contributed by atoms with van der Waals surface area (Å²) in [5.74, 6) is 2.78. The van der Waals surface area contributed by atoms with Crippen molar-refractivity contribution in [2.75, 3.05) is 0 Å². The van der Waals surface area contributed by atoms with Gasteiger partial charge in [0, 0.05) is 30.8 Å². The molecule has 1 fully saturated rings. The Labute approximate surface area is 242 Å². The molecular weight excluding hydrogens is 506 g/mol. The van der Waals surface area contributed by atoms with Gasteiger partial charge in [-0.3, -0.25) is 14.5 Å². The average molecular weight is 560 g/mol. The second-order valence-electron chi connectivity index (χ2n) is 11.4. The van der Waals surface area contributed by atoms with Gasteiger partial charge in [0.05, 0.1) is 16.6 Å². The number of carbonyl (C=O) groups excluding carboxylic acids is 2. The summed E-state index contributed by atoms with van der Waals surface area (Å²) in [6, 6.07) is 4.12. The van der Waals surface area contributed by atoms with Crippen LogP contribution in [0.3, 0.4) is 0 Å². The monoisotopic (exact) mass is 559 g/mol. The van der Waals surface area contributed by atoms with Gasteiger partial charge in [0.15, 0.2) is 0 Å². The Hall–Kier alpha value is -2.35. The van der Waals surface area contributed by atoms with Crippen LogP contribution in [0.25, 0.3) is 0 Å². The minimum atomic E-state index is -0.148. The lowest BCUT2D eigenvalue weighted by molar-refractivity contribution is -0.140. The second-order valence-corrected chi connectivity index (χ2v) is 13.2. The molecule has 8 heteroatoms. The molecule has 2 amide bonds. The van der Waals surface area contributed by atoms with E-state index < -0.39 is 0 Å². The Kier molecular flexibility index (Phi) is 16.3. The van der Waals surface area contributed by atoms with Gasteiger partial charge in [-0.15, -0.1) is 11.8 Å². The molecular formula is C31H53N5O2S. The van der Waals surface area contributed by atoms with Crippen LogP contribution < -0.4 is 0 Å². The van der Waals surface area contributed by atoms with Gasteiger partial charge in [0.25, 0.3) is 0 Å². The zero-order valence-corrected chi connectivity index (χ0v) is 26.3. The van der Waals surface area contributed by atoms with Gasteiger partial charge in [-0.2, -0.15) is 10.2 Å². The number of amides is 2. The number of hydrogen-bond acceptors (Lipinski definition) is 7. The summed E-state index contributed by atoms with van der Waals surface area (Å²) in [7, 11) is 0. The fourth-order valence-corrected chi connectivity index (χ4v) is 4.64. The van der Waals surface area contributed by atoms with E-state index in [1.807, 2.05) is 40.1 Å². The third-order valence-corrected chi connectivity index (χ3v) is 7.10. The average Bonchev–Trinajstić information content (AvgIpc) is 3.11. The number of aromatic nitrogens is 4. The van der Waals surface area contributed by atoms with Crippen molar-refractivity contribution in [2.24, 2.45) is 0 Å². The van der Waals surface area contributed by atoms with Gasteiger partial charge in [0.2, 0.25) is 11.8 Å². The maximum atomic E-state index is 11.8. The fourth-order valence-electron chi connectivity index (χ4n) is 3.51. The van der Waals surface area contributed by atoms with Gasteiger partial charge in [0.1, 0.15) is 5.82 Å². The molecule has 0 aromatic carbocycles. The summed E-state index contributed by atoms with van der Waals surface area (Å²) in [6.07, 6.45) is 4.22. The summed E-state index contributed by atoms with van der Waals surface area (Å²) in [5.41, 5.74) is 3.35. The Bertz CT molecular complexity index is 878. The number of rotatable bonds is 7. The Morgan fingerprint density at radius 1 is 0.744 bits per heavy atom. The molecule has 3 heterocycles. The van der Waals surface area contributed by atoms with E-state index in [0.29, 0.717) is 35.3 Å². The fraction of sp³-hybridized carbons (Fsp3) is 0.677. The molecule has 0 radical (unpaired) electrons. The van der Waals surface area contributed by atoms with Crippen LogP contribution in [0, 0.1) is 0 Å². The zero-order chi connectivity index (χ0) is 29.2. The number of likely N-dealkylation sites (tertiary alicyclic amines) is 1. The maximum absolute atomic E-state index is 11.8. The molecule has 220 valence electrons. The van der Waals surface area contributed by atoms with E-state index >= 15 is 0 Å². The lowest BCUT2D eigenvalue weighted by Crippen LogP contribution is -2.37. The molecule has 0 saturated carbocycles. The first-order valence-electron chi connectivity index (χ1n) is 13.8. The van der Waals surface area contributed by atoms with E-state index in [4.69, 9.17) is 0 Å².